The number of aryl methyl sites for hydroxylation is 1. The summed E-state index contributed by atoms with van der Waals surface area (Å²) in [7, 11) is -1.95. The molecule has 0 unspecified atom stereocenters. The molecule has 0 aliphatic rings. The first-order chi connectivity index (χ1) is 6.95. The molecule has 1 heterocycles. The number of nitrogens with zero attached hydrogens (tertiary/aromatic N) is 4. The Labute approximate surface area is 97.4 Å². The van der Waals surface area contributed by atoms with E-state index in [1.54, 1.807) is 20.9 Å². The molecule has 0 N–H and O–H groups in total. The molecule has 0 fully saturated rings. The molecular weight excluding hydrogens is 284 g/mol. The maximum atomic E-state index is 12.1. The molecule has 1 aromatic rings. The van der Waals surface area contributed by atoms with E-state index < -0.39 is 10.0 Å². The van der Waals surface area contributed by atoms with Crippen molar-refractivity contribution in [3.05, 3.63) is 4.60 Å². The maximum absolute atomic E-state index is 12.1. The fourth-order valence-corrected chi connectivity index (χ4v) is 3.77. The van der Waals surface area contributed by atoms with Gasteiger partial charge in [-0.25, -0.2) is 13.1 Å². The summed E-state index contributed by atoms with van der Waals surface area (Å²) in [6.45, 7) is 4.43. The summed E-state index contributed by atoms with van der Waals surface area (Å²) in [5, 5.41) is 7.39. The lowest BCUT2D eigenvalue weighted by molar-refractivity contribution is 0.437. The number of rotatable bonds is 4. The molecule has 86 valence electrons. The van der Waals surface area contributed by atoms with Gasteiger partial charge in [-0.05, 0) is 15.9 Å². The second-order valence-electron chi connectivity index (χ2n) is 2.90. The first kappa shape index (κ1) is 12.6. The van der Waals surface area contributed by atoms with Crippen molar-refractivity contribution in [2.24, 2.45) is 7.05 Å². The predicted molar refractivity (Wildman–Crippen MR) is 58.8 cm³/mol. The fourth-order valence-electron chi connectivity index (χ4n) is 1.28. The van der Waals surface area contributed by atoms with Crippen LogP contribution in [-0.2, 0) is 17.1 Å². The average molecular weight is 297 g/mol. The van der Waals surface area contributed by atoms with Crippen molar-refractivity contribution in [1.82, 2.24) is 19.3 Å². The van der Waals surface area contributed by atoms with Crippen molar-refractivity contribution in [3.8, 4) is 0 Å². The quantitative estimate of drug-likeness (QED) is 0.816. The molecular formula is C7H13BrN4O2S. The van der Waals surface area contributed by atoms with Gasteiger partial charge in [-0.1, -0.05) is 19.1 Å². The Hall–Kier alpha value is -0.470. The van der Waals surface area contributed by atoms with Gasteiger partial charge >= 0.3 is 0 Å². The minimum atomic E-state index is -3.49. The normalized spacial score (nSPS) is 12.3. The summed E-state index contributed by atoms with van der Waals surface area (Å²) in [5.74, 6) is 0. The first-order valence-corrected chi connectivity index (χ1v) is 6.73. The molecule has 0 aliphatic heterocycles. The molecule has 6 nitrogen and oxygen atoms in total. The molecule has 0 saturated carbocycles. The van der Waals surface area contributed by atoms with Gasteiger partial charge in [0.15, 0.2) is 4.60 Å². The van der Waals surface area contributed by atoms with Crippen LogP contribution >= 0.6 is 15.9 Å². The molecule has 0 bridgehead atoms. The number of hydrogen-bond donors (Lipinski definition) is 0. The van der Waals surface area contributed by atoms with Crippen molar-refractivity contribution < 1.29 is 8.42 Å². The van der Waals surface area contributed by atoms with Crippen molar-refractivity contribution in [3.63, 3.8) is 0 Å². The Morgan fingerprint density at radius 3 is 2.27 bits per heavy atom. The smallest absolute Gasteiger partial charge is 0.235 e. The van der Waals surface area contributed by atoms with Gasteiger partial charge in [0, 0.05) is 20.1 Å². The largest absolute Gasteiger partial charge is 0.263 e. The van der Waals surface area contributed by atoms with Crippen molar-refractivity contribution in [1.29, 1.82) is 0 Å². The standard InChI is InChI=1S/C7H13BrN4O2S/c1-4-12(5-2)15(13,14)7-6(8)9-10-11(7)3/h4-5H2,1-3H3. The number of sulfonamides is 1. The number of aromatic nitrogens is 3. The third-order valence-electron chi connectivity index (χ3n) is 2.03. The van der Waals surface area contributed by atoms with Crippen LogP contribution in [0.25, 0.3) is 0 Å². The summed E-state index contributed by atoms with van der Waals surface area (Å²) in [6.07, 6.45) is 0. The Morgan fingerprint density at radius 2 is 1.93 bits per heavy atom. The van der Waals surface area contributed by atoms with Crippen molar-refractivity contribution in [2.75, 3.05) is 13.1 Å². The van der Waals surface area contributed by atoms with Crippen LogP contribution in [0.15, 0.2) is 9.63 Å². The average Bonchev–Trinajstić information content (AvgIpc) is 2.48. The summed E-state index contributed by atoms with van der Waals surface area (Å²) in [4.78, 5) is 0. The Bertz CT molecular complexity index is 418. The molecule has 1 rings (SSSR count). The van der Waals surface area contributed by atoms with Crippen LogP contribution in [0.2, 0.25) is 0 Å². The third kappa shape index (κ3) is 2.21. The second kappa shape index (κ2) is 4.58. The van der Waals surface area contributed by atoms with E-state index in [1.165, 1.54) is 8.99 Å². The lowest BCUT2D eigenvalue weighted by Gasteiger charge is -2.17. The number of halogens is 1. The van der Waals surface area contributed by atoms with Crippen LogP contribution in [0.3, 0.4) is 0 Å². The van der Waals surface area contributed by atoms with Gasteiger partial charge in [0.1, 0.15) is 0 Å². The van der Waals surface area contributed by atoms with Crippen molar-refractivity contribution >= 4 is 26.0 Å². The summed E-state index contributed by atoms with van der Waals surface area (Å²) < 4.78 is 27.0. The fraction of sp³-hybridized carbons (Fsp3) is 0.714. The summed E-state index contributed by atoms with van der Waals surface area (Å²) >= 11 is 3.08. The highest BCUT2D eigenvalue weighted by atomic mass is 79.9. The minimum Gasteiger partial charge on any atom is -0.235 e. The highest BCUT2D eigenvalue weighted by molar-refractivity contribution is 9.10. The second-order valence-corrected chi connectivity index (χ2v) is 5.50. The molecule has 0 amide bonds. The van der Waals surface area contributed by atoms with E-state index in [0.717, 1.165) is 0 Å². The van der Waals surface area contributed by atoms with Gasteiger partial charge in [-0.2, -0.15) is 4.31 Å². The summed E-state index contributed by atoms with van der Waals surface area (Å²) in [6, 6.07) is 0. The minimum absolute atomic E-state index is 0.0891. The Morgan fingerprint density at radius 1 is 1.40 bits per heavy atom. The van der Waals surface area contributed by atoms with Crippen LogP contribution in [0.5, 0.6) is 0 Å². The zero-order valence-electron chi connectivity index (χ0n) is 8.81. The molecule has 0 saturated heterocycles. The van der Waals surface area contributed by atoms with Gasteiger partial charge in [0.2, 0.25) is 5.03 Å². The van der Waals surface area contributed by atoms with Gasteiger partial charge in [0.25, 0.3) is 10.0 Å². The van der Waals surface area contributed by atoms with E-state index >= 15 is 0 Å². The number of hydrogen-bond acceptors (Lipinski definition) is 4. The van der Waals surface area contributed by atoms with Crippen LogP contribution in [-0.4, -0.2) is 40.8 Å². The lowest BCUT2D eigenvalue weighted by atomic mass is 10.7. The van der Waals surface area contributed by atoms with Gasteiger partial charge in [-0.15, -0.1) is 5.10 Å². The van der Waals surface area contributed by atoms with Crippen molar-refractivity contribution in [2.45, 2.75) is 18.9 Å². The van der Waals surface area contributed by atoms with E-state index in [2.05, 4.69) is 26.2 Å². The SMILES string of the molecule is CCN(CC)S(=O)(=O)c1c(Br)nnn1C. The molecule has 15 heavy (non-hydrogen) atoms. The summed E-state index contributed by atoms with van der Waals surface area (Å²) in [5.41, 5.74) is 0. The molecule has 0 atom stereocenters. The van der Waals surface area contributed by atoms with Crippen LogP contribution in [0, 0.1) is 0 Å². The molecule has 8 heteroatoms. The topological polar surface area (TPSA) is 68.1 Å². The molecule has 0 aromatic carbocycles. The van der Waals surface area contributed by atoms with E-state index in [4.69, 9.17) is 0 Å². The van der Waals surface area contributed by atoms with E-state index in [9.17, 15) is 8.42 Å². The maximum Gasteiger partial charge on any atom is 0.263 e. The zero-order chi connectivity index (χ0) is 11.6. The van der Waals surface area contributed by atoms with Crippen LogP contribution in [0.1, 0.15) is 13.8 Å². The predicted octanol–water partition coefficient (Wildman–Crippen LogP) is 0.608. The highest BCUT2D eigenvalue weighted by Gasteiger charge is 2.28. The van der Waals surface area contributed by atoms with Crippen LogP contribution in [0.4, 0.5) is 0 Å². The molecule has 0 spiro atoms. The lowest BCUT2D eigenvalue weighted by Crippen LogP contribution is -2.32. The van der Waals surface area contributed by atoms with Gasteiger partial charge in [0.05, 0.1) is 0 Å². The van der Waals surface area contributed by atoms with Gasteiger partial charge < -0.3 is 0 Å². The van der Waals surface area contributed by atoms with E-state index in [1.807, 2.05) is 0 Å². The van der Waals surface area contributed by atoms with E-state index in [-0.39, 0.29) is 9.63 Å². The highest BCUT2D eigenvalue weighted by Crippen LogP contribution is 2.21. The van der Waals surface area contributed by atoms with Crippen LogP contribution < -0.4 is 0 Å². The Balaban J connectivity index is 3.28. The third-order valence-corrected chi connectivity index (χ3v) is 4.97. The van der Waals surface area contributed by atoms with Gasteiger partial charge in [-0.3, -0.25) is 0 Å². The molecule has 0 radical (unpaired) electrons. The van der Waals surface area contributed by atoms with E-state index in [0.29, 0.717) is 13.1 Å². The first-order valence-electron chi connectivity index (χ1n) is 4.50. The zero-order valence-corrected chi connectivity index (χ0v) is 11.2. The molecule has 0 aliphatic carbocycles. The monoisotopic (exact) mass is 296 g/mol. The Kier molecular flexibility index (Phi) is 3.85. The molecule has 1 aromatic heterocycles.